The van der Waals surface area contributed by atoms with Crippen LogP contribution in [0.3, 0.4) is 0 Å². The summed E-state index contributed by atoms with van der Waals surface area (Å²) in [5.74, 6) is -3.50. The Hall–Kier alpha value is -1.87. The van der Waals surface area contributed by atoms with Gasteiger partial charge in [-0.2, -0.15) is 8.42 Å². The molecule has 0 saturated heterocycles. The van der Waals surface area contributed by atoms with Gasteiger partial charge in [0.2, 0.25) is 0 Å². The third-order valence-electron chi connectivity index (χ3n) is 1.19. The van der Waals surface area contributed by atoms with Gasteiger partial charge in [0.05, 0.1) is 18.9 Å². The lowest BCUT2D eigenvalue weighted by molar-refractivity contribution is -0.143. The number of aliphatic carboxylic acids is 2. The van der Waals surface area contributed by atoms with Gasteiger partial charge in [0.15, 0.2) is 5.25 Å². The Bertz CT molecular complexity index is 376. The van der Waals surface area contributed by atoms with Crippen LogP contribution in [-0.4, -0.2) is 40.4 Å². The first-order chi connectivity index (χ1) is 7.66. The van der Waals surface area contributed by atoms with Crippen molar-refractivity contribution in [3.05, 3.63) is 25.7 Å². The molecule has 1 atom stereocenters. The molecule has 98 valence electrons. The molecule has 0 aliphatic carbocycles. The van der Waals surface area contributed by atoms with Crippen LogP contribution in [-0.2, 0) is 24.4 Å². The monoisotopic (exact) mass is 268 g/mol. The van der Waals surface area contributed by atoms with E-state index in [9.17, 15) is 18.0 Å². The lowest BCUT2D eigenvalue weighted by atomic mass is 10.3. The van der Waals surface area contributed by atoms with E-state index in [1.165, 1.54) is 12.5 Å². The molecule has 0 aromatic carbocycles. The highest BCUT2D eigenvalue weighted by molar-refractivity contribution is 7.87. The summed E-state index contributed by atoms with van der Waals surface area (Å²) in [6.07, 6.45) is 1.47. The molecule has 0 heterocycles. The van der Waals surface area contributed by atoms with Gasteiger partial charge in [0.1, 0.15) is 0 Å². The summed E-state index contributed by atoms with van der Waals surface area (Å²) in [7, 11) is -4.84. The van der Waals surface area contributed by atoms with Gasteiger partial charge in [-0.15, -0.1) is 0 Å². The lowest BCUT2D eigenvalue weighted by Gasteiger charge is -2.04. The fraction of sp³-hybridized carbons (Fsp3) is 0.250. The first kappa shape index (κ1) is 17.5. The van der Waals surface area contributed by atoms with E-state index in [2.05, 4.69) is 17.9 Å². The van der Waals surface area contributed by atoms with Crippen molar-refractivity contribution in [3.63, 3.8) is 0 Å². The van der Waals surface area contributed by atoms with E-state index in [1.54, 1.807) is 0 Å². The van der Waals surface area contributed by atoms with Crippen molar-refractivity contribution in [1.29, 1.82) is 0 Å². The minimum absolute atomic E-state index is 1.16. The summed E-state index contributed by atoms with van der Waals surface area (Å²) in [4.78, 5) is 20.0. The van der Waals surface area contributed by atoms with Gasteiger partial charge in [-0.25, -0.2) is 0 Å². The van der Waals surface area contributed by atoms with Gasteiger partial charge in [-0.1, -0.05) is 13.2 Å². The Morgan fingerprint density at radius 1 is 1.24 bits per heavy atom. The van der Waals surface area contributed by atoms with Gasteiger partial charge < -0.3 is 14.9 Å². The fourth-order valence-corrected chi connectivity index (χ4v) is 1.15. The number of ether oxygens (including phenoxy) is 1. The van der Waals surface area contributed by atoms with Gasteiger partial charge in [0, 0.05) is 0 Å². The SMILES string of the molecule is C=COC=C.O=C(O)CC(C(=O)O)S(=O)(=O)O. The highest BCUT2D eigenvalue weighted by Crippen LogP contribution is 2.04. The molecule has 0 aliphatic rings. The largest absolute Gasteiger partial charge is 0.481 e. The van der Waals surface area contributed by atoms with Gasteiger partial charge in [-0.05, 0) is 0 Å². The molecule has 9 heteroatoms. The summed E-state index contributed by atoms with van der Waals surface area (Å²) >= 11 is 0. The van der Waals surface area contributed by atoms with Gasteiger partial charge in [0.25, 0.3) is 10.1 Å². The molecule has 0 aromatic rings. The van der Waals surface area contributed by atoms with E-state index in [-0.39, 0.29) is 0 Å². The average Bonchev–Trinajstić information content (AvgIpc) is 2.14. The van der Waals surface area contributed by atoms with Crippen LogP contribution in [0.2, 0.25) is 0 Å². The van der Waals surface area contributed by atoms with Crippen LogP contribution >= 0.6 is 0 Å². The summed E-state index contributed by atoms with van der Waals surface area (Å²) < 4.78 is 33.0. The second-order valence-corrected chi connectivity index (χ2v) is 4.01. The standard InChI is InChI=1S/C4H6O7S.C4H6O/c5-3(6)1-2(4(7)8)12(9,10)11;1-3-5-4-2/h2H,1H2,(H,5,6)(H,7,8)(H,9,10,11);3-4H,1-2H2. The molecule has 0 spiro atoms. The lowest BCUT2D eigenvalue weighted by Crippen LogP contribution is -2.31. The molecule has 0 amide bonds. The molecule has 8 nitrogen and oxygen atoms in total. The van der Waals surface area contributed by atoms with Crippen molar-refractivity contribution in [2.45, 2.75) is 11.7 Å². The topological polar surface area (TPSA) is 138 Å². The van der Waals surface area contributed by atoms with E-state index in [4.69, 9.17) is 14.8 Å². The van der Waals surface area contributed by atoms with Crippen LogP contribution in [0, 0.1) is 0 Å². The Morgan fingerprint density at radius 2 is 1.65 bits per heavy atom. The maximum atomic E-state index is 10.2. The number of rotatable bonds is 6. The summed E-state index contributed by atoms with van der Waals surface area (Å²) in [6.45, 7) is 6.51. The van der Waals surface area contributed by atoms with Crippen LogP contribution in [0.25, 0.3) is 0 Å². The predicted octanol–water partition coefficient (Wildman–Crippen LogP) is 0.0921. The summed E-state index contributed by atoms with van der Waals surface area (Å²) in [6, 6.07) is 0. The molecule has 0 radical (unpaired) electrons. The highest BCUT2D eigenvalue weighted by atomic mass is 32.2. The minimum Gasteiger partial charge on any atom is -0.481 e. The Morgan fingerprint density at radius 3 is 1.71 bits per heavy atom. The molecule has 0 rings (SSSR count). The van der Waals surface area contributed by atoms with E-state index >= 15 is 0 Å². The van der Waals surface area contributed by atoms with Crippen molar-refractivity contribution in [1.82, 2.24) is 0 Å². The molecule has 0 saturated carbocycles. The van der Waals surface area contributed by atoms with Crippen molar-refractivity contribution >= 4 is 22.1 Å². The minimum atomic E-state index is -4.84. The van der Waals surface area contributed by atoms with E-state index in [1.807, 2.05) is 0 Å². The molecular formula is C8H12O8S. The van der Waals surface area contributed by atoms with Crippen molar-refractivity contribution in [2.75, 3.05) is 0 Å². The number of hydrogen-bond donors (Lipinski definition) is 3. The zero-order chi connectivity index (χ0) is 14.1. The first-order valence-corrected chi connectivity index (χ1v) is 5.45. The smallest absolute Gasteiger partial charge is 0.325 e. The second-order valence-electron chi connectivity index (χ2n) is 2.41. The highest BCUT2D eigenvalue weighted by Gasteiger charge is 2.33. The normalized spacial score (nSPS) is 11.4. The third-order valence-corrected chi connectivity index (χ3v) is 2.27. The zero-order valence-electron chi connectivity index (χ0n) is 8.64. The number of carbonyl (C=O) groups is 2. The van der Waals surface area contributed by atoms with Crippen LogP contribution in [0.1, 0.15) is 6.42 Å². The molecule has 0 aromatic heterocycles. The van der Waals surface area contributed by atoms with Crippen LogP contribution in [0.15, 0.2) is 25.7 Å². The van der Waals surface area contributed by atoms with Crippen LogP contribution in [0.4, 0.5) is 0 Å². The van der Waals surface area contributed by atoms with Crippen LogP contribution in [0.5, 0.6) is 0 Å². The maximum Gasteiger partial charge on any atom is 0.325 e. The van der Waals surface area contributed by atoms with Crippen molar-refractivity contribution in [2.24, 2.45) is 0 Å². The van der Waals surface area contributed by atoms with Gasteiger partial charge in [-0.3, -0.25) is 14.1 Å². The Balaban J connectivity index is 0. The Labute approximate surface area is 97.6 Å². The fourth-order valence-electron chi connectivity index (χ4n) is 0.547. The molecule has 1 unspecified atom stereocenters. The number of carboxylic acids is 2. The van der Waals surface area contributed by atoms with E-state index in [0.29, 0.717) is 0 Å². The maximum absolute atomic E-state index is 10.2. The third kappa shape index (κ3) is 10.4. The molecule has 0 bridgehead atoms. The quantitative estimate of drug-likeness (QED) is 0.455. The summed E-state index contributed by atoms with van der Waals surface area (Å²) in [5.41, 5.74) is 0. The molecule has 0 fully saturated rings. The molecule has 0 aliphatic heterocycles. The summed E-state index contributed by atoms with van der Waals surface area (Å²) in [5, 5.41) is 13.9. The number of carboxylic acid groups (broad SMARTS) is 2. The predicted molar refractivity (Wildman–Crippen MR) is 56.7 cm³/mol. The zero-order valence-corrected chi connectivity index (χ0v) is 9.46. The van der Waals surface area contributed by atoms with E-state index in [0.717, 1.165) is 0 Å². The van der Waals surface area contributed by atoms with Gasteiger partial charge >= 0.3 is 11.9 Å². The van der Waals surface area contributed by atoms with E-state index < -0.39 is 33.7 Å². The molecular weight excluding hydrogens is 256 g/mol. The van der Waals surface area contributed by atoms with Crippen molar-refractivity contribution < 1.29 is 37.5 Å². The van der Waals surface area contributed by atoms with Crippen LogP contribution < -0.4 is 0 Å². The number of hydrogen-bond acceptors (Lipinski definition) is 5. The average molecular weight is 268 g/mol. The first-order valence-electron chi connectivity index (χ1n) is 3.95. The molecule has 17 heavy (non-hydrogen) atoms. The van der Waals surface area contributed by atoms with Crippen molar-refractivity contribution in [3.8, 4) is 0 Å². The second kappa shape index (κ2) is 8.30. The Kier molecular flexibility index (Phi) is 8.56. The molecule has 3 N–H and O–H groups in total.